The van der Waals surface area contributed by atoms with Crippen molar-refractivity contribution in [3.8, 4) is 0 Å². The molecule has 0 fully saturated rings. The summed E-state index contributed by atoms with van der Waals surface area (Å²) in [6.45, 7) is 0. The topological polar surface area (TPSA) is 66.4 Å². The lowest BCUT2D eigenvalue weighted by atomic mass is 10.1. The van der Waals surface area contributed by atoms with Gasteiger partial charge in [0.15, 0.2) is 0 Å². The van der Waals surface area contributed by atoms with Gasteiger partial charge in [-0.2, -0.15) is 24.9 Å². The summed E-state index contributed by atoms with van der Waals surface area (Å²) >= 11 is 1.44. The molecule has 0 heterocycles. The monoisotopic (exact) mass is 321 g/mol. The Morgan fingerprint density at radius 2 is 1.86 bits per heavy atom. The Balaban J connectivity index is 2.76. The molecule has 4 nitrogen and oxygen atoms in total. The first-order valence-corrected chi connectivity index (χ1v) is 7.35. The Bertz CT molecular complexity index is 502. The molecular weight excluding hydrogens is 307 g/mol. The van der Waals surface area contributed by atoms with Gasteiger partial charge in [0.2, 0.25) is 0 Å². The first-order chi connectivity index (χ1) is 9.75. The Hall–Kier alpha value is -1.70. The number of carboxylic acid groups (broad SMARTS) is 1. The minimum atomic E-state index is -4.48. The molecule has 0 aliphatic heterocycles. The average Bonchev–Trinajstić information content (AvgIpc) is 2.42. The summed E-state index contributed by atoms with van der Waals surface area (Å²) in [7, 11) is 0. The highest BCUT2D eigenvalue weighted by Crippen LogP contribution is 2.29. The van der Waals surface area contributed by atoms with E-state index >= 15 is 0 Å². The summed E-state index contributed by atoms with van der Waals surface area (Å²) in [5, 5.41) is 11.3. The van der Waals surface area contributed by atoms with E-state index in [-0.39, 0.29) is 12.0 Å². The van der Waals surface area contributed by atoms with Crippen molar-refractivity contribution in [2.75, 3.05) is 12.0 Å². The summed E-state index contributed by atoms with van der Waals surface area (Å²) in [5.74, 6) is -1.34. The van der Waals surface area contributed by atoms with Crippen molar-refractivity contribution in [3.05, 3.63) is 35.4 Å². The fraction of sp³-hybridized carbons (Fsp3) is 0.385. The van der Waals surface area contributed by atoms with E-state index in [9.17, 15) is 22.8 Å². The lowest BCUT2D eigenvalue weighted by Crippen LogP contribution is -2.41. The van der Waals surface area contributed by atoms with E-state index in [1.54, 1.807) is 6.26 Å². The number of thioether (sulfide) groups is 1. The third-order valence-electron chi connectivity index (χ3n) is 2.69. The van der Waals surface area contributed by atoms with Crippen LogP contribution >= 0.6 is 11.8 Å². The van der Waals surface area contributed by atoms with Gasteiger partial charge >= 0.3 is 12.1 Å². The normalized spacial score (nSPS) is 12.8. The van der Waals surface area contributed by atoms with E-state index < -0.39 is 29.7 Å². The largest absolute Gasteiger partial charge is 0.480 e. The van der Waals surface area contributed by atoms with Crippen LogP contribution in [0.15, 0.2) is 24.3 Å². The van der Waals surface area contributed by atoms with Crippen LogP contribution in [0.5, 0.6) is 0 Å². The van der Waals surface area contributed by atoms with Crippen molar-refractivity contribution < 1.29 is 27.9 Å². The molecule has 0 aliphatic rings. The zero-order valence-corrected chi connectivity index (χ0v) is 11.9. The van der Waals surface area contributed by atoms with Crippen molar-refractivity contribution in [2.24, 2.45) is 0 Å². The average molecular weight is 321 g/mol. The number of hydrogen-bond donors (Lipinski definition) is 2. The molecule has 0 aromatic heterocycles. The van der Waals surface area contributed by atoms with Gasteiger partial charge in [0.05, 0.1) is 5.56 Å². The van der Waals surface area contributed by atoms with Gasteiger partial charge < -0.3 is 10.4 Å². The second-order valence-electron chi connectivity index (χ2n) is 4.22. The predicted octanol–water partition coefficient (Wildman–Crippen LogP) is 2.64. The van der Waals surface area contributed by atoms with Crippen LogP contribution in [0.2, 0.25) is 0 Å². The maximum absolute atomic E-state index is 12.4. The van der Waals surface area contributed by atoms with E-state index in [4.69, 9.17) is 5.11 Å². The Kier molecular flexibility index (Phi) is 6.07. The van der Waals surface area contributed by atoms with Gasteiger partial charge in [-0.25, -0.2) is 4.79 Å². The molecule has 1 atom stereocenters. The molecule has 0 bridgehead atoms. The highest BCUT2D eigenvalue weighted by atomic mass is 32.2. The molecule has 0 saturated carbocycles. The van der Waals surface area contributed by atoms with Crippen LogP contribution in [0.4, 0.5) is 13.2 Å². The van der Waals surface area contributed by atoms with Gasteiger partial charge in [-0.3, -0.25) is 4.79 Å². The van der Waals surface area contributed by atoms with Gasteiger partial charge in [-0.15, -0.1) is 0 Å². The summed E-state index contributed by atoms with van der Waals surface area (Å²) in [5.41, 5.74) is -0.880. The SMILES string of the molecule is CSCC[C@H](NC(=O)c1ccc(C(F)(F)F)cc1)C(=O)O. The van der Waals surface area contributed by atoms with E-state index in [0.29, 0.717) is 5.75 Å². The van der Waals surface area contributed by atoms with Crippen molar-refractivity contribution in [1.82, 2.24) is 5.32 Å². The summed E-state index contributed by atoms with van der Waals surface area (Å²) in [4.78, 5) is 22.8. The number of nitrogens with one attached hydrogen (secondary N) is 1. The van der Waals surface area contributed by atoms with Crippen LogP contribution in [0.3, 0.4) is 0 Å². The molecule has 1 aromatic carbocycles. The minimum Gasteiger partial charge on any atom is -0.480 e. The Morgan fingerprint density at radius 1 is 1.29 bits per heavy atom. The van der Waals surface area contributed by atoms with E-state index in [0.717, 1.165) is 24.3 Å². The molecule has 0 saturated heterocycles. The van der Waals surface area contributed by atoms with Crippen LogP contribution in [0.25, 0.3) is 0 Å². The molecule has 0 aliphatic carbocycles. The minimum absolute atomic E-state index is 0.0154. The lowest BCUT2D eigenvalue weighted by Gasteiger charge is -2.14. The number of rotatable bonds is 6. The first-order valence-electron chi connectivity index (χ1n) is 5.95. The second-order valence-corrected chi connectivity index (χ2v) is 5.21. The van der Waals surface area contributed by atoms with Crippen LogP contribution in [0, 0.1) is 0 Å². The van der Waals surface area contributed by atoms with E-state index in [1.807, 2.05) is 0 Å². The van der Waals surface area contributed by atoms with Crippen molar-refractivity contribution in [3.63, 3.8) is 0 Å². The van der Waals surface area contributed by atoms with Crippen LogP contribution < -0.4 is 5.32 Å². The Morgan fingerprint density at radius 3 is 2.29 bits per heavy atom. The molecule has 116 valence electrons. The van der Waals surface area contributed by atoms with Crippen LogP contribution in [-0.4, -0.2) is 35.0 Å². The maximum atomic E-state index is 12.4. The third-order valence-corrected chi connectivity index (χ3v) is 3.33. The number of amides is 1. The number of benzene rings is 1. The number of hydrogen-bond acceptors (Lipinski definition) is 3. The number of aliphatic carboxylic acids is 1. The lowest BCUT2D eigenvalue weighted by molar-refractivity contribution is -0.139. The van der Waals surface area contributed by atoms with Crippen molar-refractivity contribution in [2.45, 2.75) is 18.6 Å². The molecule has 21 heavy (non-hydrogen) atoms. The van der Waals surface area contributed by atoms with Gasteiger partial charge in [-0.1, -0.05) is 0 Å². The molecule has 1 aromatic rings. The second kappa shape index (κ2) is 7.35. The standard InChI is InChI=1S/C13H14F3NO3S/c1-21-7-6-10(12(19)20)17-11(18)8-2-4-9(5-3-8)13(14,15)16/h2-5,10H,6-7H2,1H3,(H,17,18)(H,19,20)/t10-/m0/s1. The van der Waals surface area contributed by atoms with Gasteiger partial charge in [0.1, 0.15) is 6.04 Å². The van der Waals surface area contributed by atoms with Gasteiger partial charge in [0, 0.05) is 5.56 Å². The van der Waals surface area contributed by atoms with Crippen LogP contribution in [-0.2, 0) is 11.0 Å². The highest BCUT2D eigenvalue weighted by Gasteiger charge is 2.30. The molecule has 0 radical (unpaired) electrons. The first kappa shape index (κ1) is 17.4. The smallest absolute Gasteiger partial charge is 0.416 e. The quantitative estimate of drug-likeness (QED) is 0.845. The molecule has 1 rings (SSSR count). The molecule has 0 spiro atoms. The molecular formula is C13H14F3NO3S. The number of halogens is 3. The summed E-state index contributed by atoms with van der Waals surface area (Å²) in [6.07, 6.45) is -2.43. The predicted molar refractivity (Wildman–Crippen MR) is 73.3 cm³/mol. The summed E-state index contributed by atoms with van der Waals surface area (Å²) < 4.78 is 37.2. The highest BCUT2D eigenvalue weighted by molar-refractivity contribution is 7.98. The van der Waals surface area contributed by atoms with Crippen molar-refractivity contribution >= 4 is 23.6 Å². The van der Waals surface area contributed by atoms with E-state index in [1.165, 1.54) is 11.8 Å². The number of alkyl halides is 3. The van der Waals surface area contributed by atoms with Crippen LogP contribution in [0.1, 0.15) is 22.3 Å². The molecule has 0 unspecified atom stereocenters. The Labute approximate surface area is 123 Å². The van der Waals surface area contributed by atoms with Gasteiger partial charge in [0.25, 0.3) is 5.91 Å². The maximum Gasteiger partial charge on any atom is 0.416 e. The zero-order chi connectivity index (χ0) is 16.0. The molecule has 8 heteroatoms. The fourth-order valence-corrected chi connectivity index (χ4v) is 2.02. The number of carbonyl (C=O) groups is 2. The number of carboxylic acids is 1. The van der Waals surface area contributed by atoms with Gasteiger partial charge in [-0.05, 0) is 42.7 Å². The third kappa shape index (κ3) is 5.30. The summed E-state index contributed by atoms with van der Waals surface area (Å²) in [6, 6.07) is 2.54. The fourth-order valence-electron chi connectivity index (χ4n) is 1.55. The molecule has 2 N–H and O–H groups in total. The van der Waals surface area contributed by atoms with E-state index in [2.05, 4.69) is 5.32 Å². The molecule has 1 amide bonds. The zero-order valence-electron chi connectivity index (χ0n) is 11.1. The number of carbonyl (C=O) groups excluding carboxylic acids is 1. The van der Waals surface area contributed by atoms with Crippen molar-refractivity contribution in [1.29, 1.82) is 0 Å².